The van der Waals surface area contributed by atoms with Crippen LogP contribution >= 0.6 is 0 Å². The molecule has 8 heteroatoms. The van der Waals surface area contributed by atoms with Gasteiger partial charge in [-0.2, -0.15) is 0 Å². The summed E-state index contributed by atoms with van der Waals surface area (Å²) in [5, 5.41) is 22.1. The van der Waals surface area contributed by atoms with Crippen LogP contribution in [-0.2, 0) is 14.6 Å². The van der Waals surface area contributed by atoms with Crippen molar-refractivity contribution in [1.82, 2.24) is 0 Å². The second kappa shape index (κ2) is 10.3. The molecule has 11 atom stereocenters. The molecule has 6 nitrogen and oxygen atoms in total. The molecule has 2 N–H and O–H groups in total. The van der Waals surface area contributed by atoms with Gasteiger partial charge in [0.15, 0.2) is 0 Å². The summed E-state index contributed by atoms with van der Waals surface area (Å²) in [7, 11) is -4.64. The Bertz CT molecular complexity index is 792. The van der Waals surface area contributed by atoms with Crippen molar-refractivity contribution in [2.24, 2.45) is 52.3 Å². The third-order valence-electron chi connectivity index (χ3n) is 11.0. The van der Waals surface area contributed by atoms with Crippen LogP contribution in [0, 0.1) is 52.3 Å². The second-order valence-corrected chi connectivity index (χ2v) is 13.2. The number of rotatable bonds is 6. The minimum Gasteiger partial charge on any atom is -0.726 e. The Morgan fingerprint density at radius 3 is 2.30 bits per heavy atom. The summed E-state index contributed by atoms with van der Waals surface area (Å²) in [6.45, 7) is 9.17. The molecule has 4 saturated carbocycles. The minimum absolute atomic E-state index is 0. The molecule has 33 heavy (non-hydrogen) atoms. The van der Waals surface area contributed by atoms with Gasteiger partial charge in [-0.15, -0.1) is 0 Å². The van der Waals surface area contributed by atoms with E-state index in [1.54, 1.807) is 0 Å². The zero-order valence-corrected chi connectivity index (χ0v) is 24.0. The van der Waals surface area contributed by atoms with Crippen LogP contribution in [0.3, 0.4) is 0 Å². The van der Waals surface area contributed by atoms with Crippen molar-refractivity contribution in [3.05, 3.63) is 0 Å². The fourth-order valence-electron chi connectivity index (χ4n) is 9.47. The van der Waals surface area contributed by atoms with Crippen LogP contribution in [0.2, 0.25) is 0 Å². The SMILES string of the molecule is CC[C@@H]1C2C[C@H](O)CC[C@]2(C)C2CC[C@]3(C)C(C(C)CCOS(=O)(=O)[O-])CCC3C2[C@@H]1O.[Na+]. The van der Waals surface area contributed by atoms with Crippen LogP contribution in [0.1, 0.15) is 85.5 Å². The molecule has 186 valence electrons. The number of hydrogen-bond donors (Lipinski definition) is 2. The monoisotopic (exact) mass is 494 g/mol. The van der Waals surface area contributed by atoms with Crippen molar-refractivity contribution >= 4 is 10.4 Å². The summed E-state index contributed by atoms with van der Waals surface area (Å²) < 4.78 is 37.0. The summed E-state index contributed by atoms with van der Waals surface area (Å²) in [5.41, 5.74) is 0.332. The predicted octanol–water partition coefficient (Wildman–Crippen LogP) is 1.12. The normalized spacial score (nSPS) is 48.2. The molecule has 0 radical (unpaired) electrons. The first-order valence-electron chi connectivity index (χ1n) is 12.9. The predicted molar refractivity (Wildman–Crippen MR) is 121 cm³/mol. The van der Waals surface area contributed by atoms with Gasteiger partial charge in [-0.1, -0.05) is 34.1 Å². The van der Waals surface area contributed by atoms with E-state index in [1.165, 1.54) is 0 Å². The molecule has 0 heterocycles. The third-order valence-corrected chi connectivity index (χ3v) is 11.4. The van der Waals surface area contributed by atoms with Gasteiger partial charge in [0.05, 0.1) is 18.8 Å². The van der Waals surface area contributed by atoms with Gasteiger partial charge in [-0.05, 0) is 104 Å². The summed E-state index contributed by atoms with van der Waals surface area (Å²) >= 11 is 0. The Kier molecular flexibility index (Phi) is 8.83. The fraction of sp³-hybridized carbons (Fsp3) is 1.00. The number of aliphatic hydroxyl groups is 2. The summed E-state index contributed by atoms with van der Waals surface area (Å²) in [5.74, 6) is 2.69. The van der Waals surface area contributed by atoms with Crippen molar-refractivity contribution in [3.63, 3.8) is 0 Å². The molecule has 4 aliphatic rings. The molecule has 0 spiro atoms. The van der Waals surface area contributed by atoms with Crippen LogP contribution in [0.4, 0.5) is 0 Å². The molecule has 0 aliphatic heterocycles. The summed E-state index contributed by atoms with van der Waals surface area (Å²) in [6, 6.07) is 0. The maximum absolute atomic E-state index is 11.7. The maximum Gasteiger partial charge on any atom is 1.00 e. The minimum atomic E-state index is -4.64. The fourth-order valence-corrected chi connectivity index (χ4v) is 9.77. The number of fused-ring (bicyclic) bond motifs is 5. The van der Waals surface area contributed by atoms with Crippen LogP contribution < -0.4 is 29.6 Å². The van der Waals surface area contributed by atoms with Gasteiger partial charge < -0.3 is 14.8 Å². The zero-order valence-electron chi connectivity index (χ0n) is 21.2. The van der Waals surface area contributed by atoms with Gasteiger partial charge in [-0.25, -0.2) is 8.42 Å². The van der Waals surface area contributed by atoms with Crippen molar-refractivity contribution in [2.45, 2.75) is 97.7 Å². The van der Waals surface area contributed by atoms with E-state index in [9.17, 15) is 23.2 Å². The summed E-state index contributed by atoms with van der Waals surface area (Å²) in [6.07, 6.45) is 8.26. The average Bonchev–Trinajstić information content (AvgIpc) is 3.06. The van der Waals surface area contributed by atoms with Crippen LogP contribution in [0.15, 0.2) is 0 Å². The molecule has 0 bridgehead atoms. The van der Waals surface area contributed by atoms with Crippen molar-refractivity contribution in [3.8, 4) is 0 Å². The Labute approximate surface area is 222 Å². The van der Waals surface area contributed by atoms with Gasteiger partial charge in [0, 0.05) is 0 Å². The van der Waals surface area contributed by atoms with E-state index in [4.69, 9.17) is 0 Å². The molecule has 4 fully saturated rings. The molecule has 4 rings (SSSR count). The molecule has 0 saturated heterocycles. The first kappa shape index (κ1) is 28.4. The molecule has 0 aromatic rings. The Morgan fingerprint density at radius 2 is 1.67 bits per heavy atom. The van der Waals surface area contributed by atoms with E-state index in [-0.39, 0.29) is 71.0 Å². The van der Waals surface area contributed by atoms with E-state index in [2.05, 4.69) is 31.9 Å². The van der Waals surface area contributed by atoms with E-state index >= 15 is 0 Å². The Morgan fingerprint density at radius 1 is 1.03 bits per heavy atom. The molecular weight excluding hydrogens is 451 g/mol. The second-order valence-electron chi connectivity index (χ2n) is 12.1. The molecule has 0 aromatic heterocycles. The van der Waals surface area contributed by atoms with Crippen molar-refractivity contribution < 1.29 is 56.9 Å². The Hall–Kier alpha value is 0.790. The van der Waals surface area contributed by atoms with Crippen molar-refractivity contribution in [2.75, 3.05) is 6.61 Å². The molecular formula is C25H43NaO6S. The van der Waals surface area contributed by atoms with Crippen molar-refractivity contribution in [1.29, 1.82) is 0 Å². The van der Waals surface area contributed by atoms with Crippen LogP contribution in [-0.4, -0.2) is 42.0 Å². The van der Waals surface area contributed by atoms with Gasteiger partial charge in [0.25, 0.3) is 0 Å². The Balaban J connectivity index is 0.00000306. The van der Waals surface area contributed by atoms with E-state index in [0.717, 1.165) is 51.4 Å². The number of aliphatic hydroxyl groups excluding tert-OH is 2. The van der Waals surface area contributed by atoms with Gasteiger partial charge in [0.2, 0.25) is 10.4 Å². The largest absolute Gasteiger partial charge is 1.00 e. The van der Waals surface area contributed by atoms with E-state index in [1.807, 2.05) is 0 Å². The molecule has 0 aromatic carbocycles. The molecule has 0 amide bonds. The molecule has 6 unspecified atom stereocenters. The maximum atomic E-state index is 11.7. The topological polar surface area (TPSA) is 107 Å². The molecule has 4 aliphatic carbocycles. The third kappa shape index (κ3) is 5.01. The first-order chi connectivity index (χ1) is 14.9. The summed E-state index contributed by atoms with van der Waals surface area (Å²) in [4.78, 5) is 0. The van der Waals surface area contributed by atoms with E-state index in [0.29, 0.717) is 36.0 Å². The zero-order chi connectivity index (χ0) is 23.5. The van der Waals surface area contributed by atoms with Gasteiger partial charge in [-0.3, -0.25) is 4.18 Å². The standard InChI is InChI=1S/C25H44O6S.Na/c1-5-17-21-14-16(26)8-11-25(21,4)20-9-12-24(3)18(6-7-19(24)22(20)23(17)27)15(2)10-13-31-32(28,29)30;/h15-23,26-27H,5-14H2,1-4H3,(H,28,29,30);/q;+1/p-1/t15?,16-,17-,18?,19?,20?,21?,22?,23-,24-,25-;/m1./s1. The first-order valence-corrected chi connectivity index (χ1v) is 14.2. The van der Waals surface area contributed by atoms with E-state index < -0.39 is 10.4 Å². The quantitative estimate of drug-likeness (QED) is 0.326. The van der Waals surface area contributed by atoms with Crippen LogP contribution in [0.5, 0.6) is 0 Å². The van der Waals surface area contributed by atoms with Gasteiger partial charge >= 0.3 is 29.6 Å². The average molecular weight is 495 g/mol. The smallest absolute Gasteiger partial charge is 0.726 e. The number of hydrogen-bond acceptors (Lipinski definition) is 6. The van der Waals surface area contributed by atoms with Crippen LogP contribution in [0.25, 0.3) is 0 Å². The van der Waals surface area contributed by atoms with Gasteiger partial charge in [0.1, 0.15) is 0 Å².